The van der Waals surface area contributed by atoms with Crippen molar-refractivity contribution in [2.24, 2.45) is 0 Å². The average molecular weight is 275 g/mol. The molecule has 1 atom stereocenters. The van der Waals surface area contributed by atoms with E-state index in [0.29, 0.717) is 0 Å². The van der Waals surface area contributed by atoms with E-state index in [2.05, 4.69) is 43.4 Å². The minimum atomic E-state index is 0.189. The Morgan fingerprint density at radius 3 is 2.55 bits per heavy atom. The normalized spacial score (nSPS) is 23.3. The lowest BCUT2D eigenvalue weighted by Gasteiger charge is -2.34. The quantitative estimate of drug-likeness (QED) is 0.817. The van der Waals surface area contributed by atoms with Crippen molar-refractivity contribution in [2.75, 3.05) is 13.2 Å². The van der Waals surface area contributed by atoms with Gasteiger partial charge in [-0.05, 0) is 49.9 Å². The second-order valence-corrected chi connectivity index (χ2v) is 5.94. The molecule has 112 valence electrons. The molecule has 1 N–H and O–H groups in total. The molecular weight excluding hydrogens is 246 g/mol. The fraction of sp³-hybridized carbons (Fsp3) is 0.667. The van der Waals surface area contributed by atoms with Crippen LogP contribution in [0.5, 0.6) is 5.75 Å². The standard InChI is InChI=1S/C18H29NO/c1-3-12-18(13-6-5-7-14-19-18)16-8-10-17(11-9-16)20-15-4-2/h8-11,19H,3-7,12-15H2,1-2H3. The summed E-state index contributed by atoms with van der Waals surface area (Å²) in [7, 11) is 0. The van der Waals surface area contributed by atoms with Gasteiger partial charge in [-0.2, -0.15) is 0 Å². The Morgan fingerprint density at radius 1 is 1.05 bits per heavy atom. The third kappa shape index (κ3) is 3.76. The molecule has 0 radical (unpaired) electrons. The first-order valence-electron chi connectivity index (χ1n) is 8.29. The first kappa shape index (κ1) is 15.4. The number of benzene rings is 1. The van der Waals surface area contributed by atoms with Gasteiger partial charge in [0.1, 0.15) is 5.75 Å². The van der Waals surface area contributed by atoms with Gasteiger partial charge in [-0.25, -0.2) is 0 Å². The molecule has 0 amide bonds. The largest absolute Gasteiger partial charge is 0.494 e. The lowest BCUT2D eigenvalue weighted by Crippen LogP contribution is -2.41. The first-order chi connectivity index (χ1) is 9.80. The van der Waals surface area contributed by atoms with Crippen LogP contribution in [0.2, 0.25) is 0 Å². The Balaban J connectivity index is 2.15. The van der Waals surface area contributed by atoms with Gasteiger partial charge in [0.15, 0.2) is 0 Å². The summed E-state index contributed by atoms with van der Waals surface area (Å²) in [5, 5.41) is 3.83. The molecular formula is C18H29NO. The highest BCUT2D eigenvalue weighted by Crippen LogP contribution is 2.35. The molecule has 1 aromatic rings. The Labute approximate surface area is 123 Å². The summed E-state index contributed by atoms with van der Waals surface area (Å²) in [6.45, 7) is 6.37. The van der Waals surface area contributed by atoms with Gasteiger partial charge in [-0.15, -0.1) is 0 Å². The van der Waals surface area contributed by atoms with Gasteiger partial charge in [0.2, 0.25) is 0 Å². The predicted octanol–water partition coefficient (Wildman–Crippen LogP) is 4.63. The molecule has 1 aliphatic rings. The molecule has 1 unspecified atom stereocenters. The summed E-state index contributed by atoms with van der Waals surface area (Å²) < 4.78 is 5.69. The predicted molar refractivity (Wildman–Crippen MR) is 85.3 cm³/mol. The highest BCUT2D eigenvalue weighted by Gasteiger charge is 2.31. The van der Waals surface area contributed by atoms with Crippen molar-refractivity contribution >= 4 is 0 Å². The monoisotopic (exact) mass is 275 g/mol. The molecule has 0 saturated carbocycles. The van der Waals surface area contributed by atoms with E-state index >= 15 is 0 Å². The average Bonchev–Trinajstić information content (AvgIpc) is 2.73. The summed E-state index contributed by atoms with van der Waals surface area (Å²) >= 11 is 0. The highest BCUT2D eigenvalue weighted by atomic mass is 16.5. The van der Waals surface area contributed by atoms with Crippen molar-refractivity contribution in [3.8, 4) is 5.75 Å². The topological polar surface area (TPSA) is 21.3 Å². The van der Waals surface area contributed by atoms with Crippen molar-refractivity contribution in [2.45, 2.75) is 64.3 Å². The fourth-order valence-corrected chi connectivity index (χ4v) is 3.27. The summed E-state index contributed by atoms with van der Waals surface area (Å²) in [5.74, 6) is 0.996. The fourth-order valence-electron chi connectivity index (χ4n) is 3.27. The van der Waals surface area contributed by atoms with Crippen molar-refractivity contribution in [1.82, 2.24) is 5.32 Å². The van der Waals surface area contributed by atoms with E-state index in [1.54, 1.807) is 0 Å². The minimum absolute atomic E-state index is 0.189. The second-order valence-electron chi connectivity index (χ2n) is 5.94. The van der Waals surface area contributed by atoms with Crippen LogP contribution in [0, 0.1) is 0 Å². The van der Waals surface area contributed by atoms with Gasteiger partial charge in [0.25, 0.3) is 0 Å². The molecule has 20 heavy (non-hydrogen) atoms. The molecule has 1 aliphatic heterocycles. The van der Waals surface area contributed by atoms with Crippen LogP contribution in [0.4, 0.5) is 0 Å². The van der Waals surface area contributed by atoms with Crippen molar-refractivity contribution < 1.29 is 4.74 Å². The smallest absolute Gasteiger partial charge is 0.119 e. The lowest BCUT2D eigenvalue weighted by atomic mass is 9.82. The van der Waals surface area contributed by atoms with Crippen molar-refractivity contribution in [1.29, 1.82) is 0 Å². The summed E-state index contributed by atoms with van der Waals surface area (Å²) in [6.07, 6.45) is 8.77. The van der Waals surface area contributed by atoms with Crippen LogP contribution in [-0.4, -0.2) is 13.2 Å². The number of rotatable bonds is 6. The first-order valence-corrected chi connectivity index (χ1v) is 8.29. The Kier molecular flexibility index (Phi) is 5.90. The number of hydrogen-bond acceptors (Lipinski definition) is 2. The summed E-state index contributed by atoms with van der Waals surface area (Å²) in [6, 6.07) is 8.79. The van der Waals surface area contributed by atoms with Crippen LogP contribution in [0.1, 0.15) is 64.4 Å². The molecule has 2 heteroatoms. The molecule has 0 aromatic heterocycles. The maximum absolute atomic E-state index is 5.69. The second kappa shape index (κ2) is 7.68. The van der Waals surface area contributed by atoms with E-state index in [1.807, 2.05) is 0 Å². The number of ether oxygens (including phenoxy) is 1. The Bertz CT molecular complexity index is 377. The van der Waals surface area contributed by atoms with E-state index in [1.165, 1.54) is 44.1 Å². The Morgan fingerprint density at radius 2 is 1.85 bits per heavy atom. The van der Waals surface area contributed by atoms with Gasteiger partial charge < -0.3 is 10.1 Å². The van der Waals surface area contributed by atoms with E-state index in [9.17, 15) is 0 Å². The van der Waals surface area contributed by atoms with Crippen molar-refractivity contribution in [3.05, 3.63) is 29.8 Å². The molecule has 2 nitrogen and oxygen atoms in total. The maximum Gasteiger partial charge on any atom is 0.119 e. The van der Waals surface area contributed by atoms with Crippen LogP contribution in [-0.2, 0) is 5.54 Å². The zero-order valence-electron chi connectivity index (χ0n) is 13.1. The van der Waals surface area contributed by atoms with Crippen LogP contribution in [0.15, 0.2) is 24.3 Å². The lowest BCUT2D eigenvalue weighted by molar-refractivity contribution is 0.295. The van der Waals surface area contributed by atoms with Crippen LogP contribution < -0.4 is 10.1 Å². The molecule has 1 saturated heterocycles. The van der Waals surface area contributed by atoms with Crippen LogP contribution in [0.3, 0.4) is 0 Å². The number of hydrogen-bond donors (Lipinski definition) is 1. The molecule has 1 heterocycles. The molecule has 0 aliphatic carbocycles. The van der Waals surface area contributed by atoms with Crippen LogP contribution in [0.25, 0.3) is 0 Å². The van der Waals surface area contributed by atoms with Gasteiger partial charge in [-0.1, -0.05) is 45.2 Å². The van der Waals surface area contributed by atoms with Crippen LogP contribution >= 0.6 is 0 Å². The molecule has 2 rings (SSSR count). The van der Waals surface area contributed by atoms with E-state index in [-0.39, 0.29) is 5.54 Å². The molecule has 0 bridgehead atoms. The zero-order valence-corrected chi connectivity index (χ0v) is 13.1. The minimum Gasteiger partial charge on any atom is -0.494 e. The summed E-state index contributed by atoms with van der Waals surface area (Å²) in [5.41, 5.74) is 1.62. The summed E-state index contributed by atoms with van der Waals surface area (Å²) in [4.78, 5) is 0. The molecule has 1 fully saturated rings. The van der Waals surface area contributed by atoms with E-state index < -0.39 is 0 Å². The van der Waals surface area contributed by atoms with E-state index in [0.717, 1.165) is 25.3 Å². The zero-order chi connectivity index (χ0) is 14.3. The van der Waals surface area contributed by atoms with Gasteiger partial charge in [-0.3, -0.25) is 0 Å². The maximum atomic E-state index is 5.69. The third-order valence-electron chi connectivity index (χ3n) is 4.30. The SMILES string of the molecule is CCCOc1ccc(C2(CCC)CCCCCN2)cc1. The molecule has 1 aromatic carbocycles. The number of nitrogens with one attached hydrogen (secondary N) is 1. The van der Waals surface area contributed by atoms with Crippen molar-refractivity contribution in [3.63, 3.8) is 0 Å². The van der Waals surface area contributed by atoms with E-state index in [4.69, 9.17) is 4.74 Å². The highest BCUT2D eigenvalue weighted by molar-refractivity contribution is 5.32. The van der Waals surface area contributed by atoms with Gasteiger partial charge in [0.05, 0.1) is 6.61 Å². The van der Waals surface area contributed by atoms with Gasteiger partial charge >= 0.3 is 0 Å². The Hall–Kier alpha value is -1.02. The van der Waals surface area contributed by atoms with Gasteiger partial charge in [0, 0.05) is 5.54 Å². The molecule has 0 spiro atoms. The third-order valence-corrected chi connectivity index (χ3v) is 4.30.